The predicted molar refractivity (Wildman–Crippen MR) is 122 cm³/mol. The Kier molecular flexibility index (Phi) is 6.10. The van der Waals surface area contributed by atoms with Gasteiger partial charge in [0.1, 0.15) is 5.69 Å². The lowest BCUT2D eigenvalue weighted by atomic mass is 9.87. The van der Waals surface area contributed by atoms with Crippen molar-refractivity contribution in [1.29, 1.82) is 0 Å². The first-order valence-corrected chi connectivity index (χ1v) is 10.9. The van der Waals surface area contributed by atoms with E-state index in [1.54, 1.807) is 12.4 Å². The van der Waals surface area contributed by atoms with Crippen LogP contribution >= 0.6 is 12.1 Å². The number of hydrogen-bond acceptors (Lipinski definition) is 3. The third-order valence-corrected chi connectivity index (χ3v) is 5.91. The van der Waals surface area contributed by atoms with Crippen LogP contribution in [0.25, 0.3) is 17.1 Å². The van der Waals surface area contributed by atoms with Gasteiger partial charge >= 0.3 is 0 Å². The van der Waals surface area contributed by atoms with Crippen LogP contribution in [0.4, 0.5) is 3.89 Å². The molecule has 30 heavy (non-hydrogen) atoms. The molecule has 0 unspecified atom stereocenters. The SMILES string of the molecule is Cc1cc(CC(C)(C)C)cc(C)c1-[n+]1cnn(C)c1-c1cnccc1C(C)(C)SF. The van der Waals surface area contributed by atoms with Gasteiger partial charge in [0.2, 0.25) is 0 Å². The van der Waals surface area contributed by atoms with Gasteiger partial charge in [-0.2, -0.15) is 8.45 Å². The van der Waals surface area contributed by atoms with Gasteiger partial charge in [-0.1, -0.05) is 32.9 Å². The third kappa shape index (κ3) is 4.43. The van der Waals surface area contributed by atoms with Gasteiger partial charge in [0.25, 0.3) is 12.2 Å². The van der Waals surface area contributed by atoms with Crippen LogP contribution in [0.2, 0.25) is 0 Å². The molecule has 0 aliphatic heterocycles. The van der Waals surface area contributed by atoms with Crippen LogP contribution in [0, 0.1) is 19.3 Å². The molecule has 6 heteroatoms. The highest BCUT2D eigenvalue weighted by Gasteiger charge is 2.31. The molecule has 0 N–H and O–H groups in total. The molecule has 0 saturated heterocycles. The van der Waals surface area contributed by atoms with E-state index in [1.165, 1.54) is 16.7 Å². The summed E-state index contributed by atoms with van der Waals surface area (Å²) in [5.41, 5.74) is 6.83. The molecule has 0 radical (unpaired) electrons. The first kappa shape index (κ1) is 22.5. The zero-order chi connectivity index (χ0) is 22.3. The Labute approximate surface area is 183 Å². The van der Waals surface area contributed by atoms with E-state index in [9.17, 15) is 3.89 Å². The minimum absolute atomic E-state index is 0.229. The second-order valence-corrected chi connectivity index (χ2v) is 10.9. The average molecular weight is 428 g/mol. The number of nitrogens with zero attached hydrogens (tertiary/aromatic N) is 4. The molecule has 0 amide bonds. The van der Waals surface area contributed by atoms with E-state index in [2.05, 4.69) is 61.4 Å². The molecule has 3 aromatic rings. The van der Waals surface area contributed by atoms with Crippen molar-refractivity contribution < 1.29 is 8.45 Å². The van der Waals surface area contributed by atoms with Crippen molar-refractivity contribution in [3.63, 3.8) is 0 Å². The summed E-state index contributed by atoms with van der Waals surface area (Å²) in [4.78, 5) is 4.34. The summed E-state index contributed by atoms with van der Waals surface area (Å²) >= 11 is 0.346. The lowest BCUT2D eigenvalue weighted by Gasteiger charge is -2.22. The predicted octanol–water partition coefficient (Wildman–Crippen LogP) is 5.82. The van der Waals surface area contributed by atoms with Gasteiger partial charge < -0.3 is 0 Å². The quantitative estimate of drug-likeness (QED) is 0.481. The highest BCUT2D eigenvalue weighted by atomic mass is 32.2. The Bertz CT molecular complexity index is 1040. The van der Waals surface area contributed by atoms with E-state index < -0.39 is 4.75 Å². The first-order chi connectivity index (χ1) is 13.9. The van der Waals surface area contributed by atoms with E-state index in [0.29, 0.717) is 12.1 Å². The Hall–Kier alpha value is -2.21. The maximum absolute atomic E-state index is 13.8. The fourth-order valence-electron chi connectivity index (χ4n) is 4.14. The molecule has 0 aliphatic rings. The van der Waals surface area contributed by atoms with Gasteiger partial charge in [0.15, 0.2) is 0 Å². The molecule has 0 spiro atoms. The van der Waals surface area contributed by atoms with Crippen molar-refractivity contribution in [2.75, 3.05) is 0 Å². The fraction of sp³-hybridized carbons (Fsp3) is 0.458. The summed E-state index contributed by atoms with van der Waals surface area (Å²) < 4.78 is 17.0. The summed E-state index contributed by atoms with van der Waals surface area (Å²) in [6.45, 7) is 14.8. The van der Waals surface area contributed by atoms with Crippen LogP contribution in [-0.2, 0) is 18.2 Å². The zero-order valence-electron chi connectivity index (χ0n) is 19.2. The number of aromatic nitrogens is 4. The molecular weight excluding hydrogens is 395 g/mol. The van der Waals surface area contributed by atoms with E-state index in [-0.39, 0.29) is 5.41 Å². The van der Waals surface area contributed by atoms with Gasteiger partial charge in [-0.15, -0.1) is 4.68 Å². The van der Waals surface area contributed by atoms with Crippen LogP contribution in [0.1, 0.15) is 56.9 Å². The lowest BCUT2D eigenvalue weighted by molar-refractivity contribution is -0.585. The molecule has 0 aliphatic carbocycles. The standard InChI is InChI=1S/C24H32FN4S/c1-16-11-18(13-23(3,4)5)12-17(2)21(16)29-15-27-28(8)22(29)19-14-26-10-9-20(19)24(6,7)30-25/h9-12,14-15H,13H2,1-8H3/q+1. The van der Waals surface area contributed by atoms with E-state index in [1.807, 2.05) is 38.0 Å². The molecule has 0 fully saturated rings. The van der Waals surface area contributed by atoms with Crippen LogP contribution < -0.4 is 4.57 Å². The second kappa shape index (κ2) is 8.14. The molecule has 2 heterocycles. The Balaban J connectivity index is 2.21. The average Bonchev–Trinajstić information content (AvgIpc) is 3.00. The number of rotatable bonds is 5. The highest BCUT2D eigenvalue weighted by Crippen LogP contribution is 2.40. The number of hydrogen-bond donors (Lipinski definition) is 0. The van der Waals surface area contributed by atoms with E-state index in [4.69, 9.17) is 0 Å². The molecule has 0 bridgehead atoms. The van der Waals surface area contributed by atoms with Gasteiger partial charge in [0, 0.05) is 17.5 Å². The largest absolute Gasteiger partial charge is 0.274 e. The molecular formula is C24H32FN4S+. The molecule has 4 nitrogen and oxygen atoms in total. The lowest BCUT2D eigenvalue weighted by Crippen LogP contribution is -2.35. The van der Waals surface area contributed by atoms with Crippen molar-refractivity contribution in [2.45, 2.75) is 59.6 Å². The van der Waals surface area contributed by atoms with Crippen LogP contribution in [0.15, 0.2) is 36.9 Å². The number of benzene rings is 1. The van der Waals surface area contributed by atoms with Crippen molar-refractivity contribution in [2.24, 2.45) is 12.5 Å². The molecule has 1 aromatic carbocycles. The molecule has 2 aromatic heterocycles. The molecule has 0 atom stereocenters. The van der Waals surface area contributed by atoms with Gasteiger partial charge in [-0.25, -0.2) is 0 Å². The molecule has 3 rings (SSSR count). The molecule has 0 saturated carbocycles. The van der Waals surface area contributed by atoms with Gasteiger partial charge in [-0.3, -0.25) is 4.98 Å². The van der Waals surface area contributed by atoms with Crippen molar-refractivity contribution >= 4 is 12.1 Å². The minimum atomic E-state index is -0.693. The number of pyridine rings is 1. The first-order valence-electron chi connectivity index (χ1n) is 10.2. The fourth-order valence-corrected chi connectivity index (χ4v) is 4.40. The monoisotopic (exact) mass is 427 g/mol. The van der Waals surface area contributed by atoms with Crippen LogP contribution in [0.3, 0.4) is 0 Å². The van der Waals surface area contributed by atoms with Gasteiger partial charge in [0.05, 0.1) is 29.5 Å². The maximum atomic E-state index is 13.8. The maximum Gasteiger partial charge on any atom is 0.274 e. The summed E-state index contributed by atoms with van der Waals surface area (Å²) in [5, 5.41) is 4.53. The topological polar surface area (TPSA) is 34.6 Å². The Morgan fingerprint density at radius 3 is 2.30 bits per heavy atom. The summed E-state index contributed by atoms with van der Waals surface area (Å²) in [5.74, 6) is 0.884. The normalized spacial score (nSPS) is 12.4. The Morgan fingerprint density at radius 2 is 1.73 bits per heavy atom. The Morgan fingerprint density at radius 1 is 1.10 bits per heavy atom. The van der Waals surface area contributed by atoms with Crippen LogP contribution in [0.5, 0.6) is 0 Å². The second-order valence-electron chi connectivity index (χ2n) is 9.77. The van der Waals surface area contributed by atoms with E-state index >= 15 is 0 Å². The highest BCUT2D eigenvalue weighted by molar-refractivity contribution is 7.95. The summed E-state index contributed by atoms with van der Waals surface area (Å²) in [7, 11) is 1.91. The van der Waals surface area contributed by atoms with Crippen molar-refractivity contribution in [3.8, 4) is 17.1 Å². The summed E-state index contributed by atoms with van der Waals surface area (Å²) in [6, 6.07) is 6.43. The number of aryl methyl sites for hydroxylation is 3. The third-order valence-electron chi connectivity index (χ3n) is 5.30. The summed E-state index contributed by atoms with van der Waals surface area (Å²) in [6.07, 6.45) is 6.38. The zero-order valence-corrected chi connectivity index (χ0v) is 20.1. The van der Waals surface area contributed by atoms with E-state index in [0.717, 1.165) is 29.1 Å². The van der Waals surface area contributed by atoms with Crippen LogP contribution in [-0.4, -0.2) is 14.8 Å². The smallest absolute Gasteiger partial charge is 0.264 e. The molecule has 160 valence electrons. The van der Waals surface area contributed by atoms with Gasteiger partial charge in [-0.05, 0) is 67.9 Å². The minimum Gasteiger partial charge on any atom is -0.264 e. The number of halogens is 1. The van der Waals surface area contributed by atoms with Crippen molar-refractivity contribution in [1.82, 2.24) is 14.8 Å². The van der Waals surface area contributed by atoms with Crippen molar-refractivity contribution in [3.05, 3.63) is 59.2 Å².